The van der Waals surface area contributed by atoms with Gasteiger partial charge in [-0.05, 0) is 38.5 Å². The number of ether oxygens (including phenoxy) is 1. The summed E-state index contributed by atoms with van der Waals surface area (Å²) in [5.74, 6) is -2.44. The van der Waals surface area contributed by atoms with Crippen LogP contribution in [0.25, 0.3) is 0 Å². The van der Waals surface area contributed by atoms with Gasteiger partial charge >= 0.3 is 12.2 Å². The molecule has 0 aliphatic carbocycles. The molecule has 1 aromatic heterocycles. The number of fused-ring (bicyclic) bond motifs is 1. The van der Waals surface area contributed by atoms with Gasteiger partial charge < -0.3 is 20.7 Å². The Morgan fingerprint density at radius 3 is 2.40 bits per heavy atom. The average Bonchev–Trinajstić information content (AvgIpc) is 3.14. The number of benzene rings is 1. The highest BCUT2D eigenvalue weighted by Gasteiger charge is 2.65. The molecule has 11 nitrogen and oxygen atoms in total. The fourth-order valence-electron chi connectivity index (χ4n) is 5.17. The van der Waals surface area contributed by atoms with Crippen LogP contribution >= 0.6 is 0 Å². The standard InChI is InChI=1S/C28H33F3N6O5/c1-18-13-35(22(38)20(34-23(39)26(2,3)32)15-42-14-19-9-5-4-6-10-19)16-27(21-11-7-8-12-33-21)24(40)36(17-28(29,30)31)25(41)37(18)27/h4-12,18,20H,13-17,32H2,1-3H3,(H,34,39)/t18?,20-,27+/m1/s1. The van der Waals surface area contributed by atoms with E-state index >= 15 is 0 Å². The van der Waals surface area contributed by atoms with Crippen LogP contribution in [0.4, 0.5) is 18.0 Å². The maximum absolute atomic E-state index is 14.0. The maximum Gasteiger partial charge on any atom is 0.406 e. The summed E-state index contributed by atoms with van der Waals surface area (Å²) in [6.45, 7) is 1.94. The van der Waals surface area contributed by atoms with Gasteiger partial charge in [-0.25, -0.2) is 4.79 Å². The van der Waals surface area contributed by atoms with Crippen molar-refractivity contribution in [3.8, 4) is 0 Å². The highest BCUT2D eigenvalue weighted by atomic mass is 19.4. The number of alkyl halides is 3. The minimum absolute atomic E-state index is 0.0152. The van der Waals surface area contributed by atoms with Gasteiger partial charge in [0.2, 0.25) is 11.8 Å². The van der Waals surface area contributed by atoms with Crippen molar-refractivity contribution in [2.75, 3.05) is 26.2 Å². The topological polar surface area (TPSA) is 138 Å². The fraction of sp³-hybridized carbons (Fsp3) is 0.464. The minimum Gasteiger partial charge on any atom is -0.374 e. The number of rotatable bonds is 9. The van der Waals surface area contributed by atoms with Crippen LogP contribution in [0, 0.1) is 0 Å². The van der Waals surface area contributed by atoms with E-state index in [0.717, 1.165) is 10.5 Å². The van der Waals surface area contributed by atoms with Crippen molar-refractivity contribution in [3.05, 3.63) is 66.0 Å². The number of piperazine rings is 1. The van der Waals surface area contributed by atoms with E-state index in [1.54, 1.807) is 6.07 Å². The van der Waals surface area contributed by atoms with Crippen LogP contribution in [0.1, 0.15) is 32.0 Å². The summed E-state index contributed by atoms with van der Waals surface area (Å²) in [6, 6.07) is 10.4. The summed E-state index contributed by atoms with van der Waals surface area (Å²) in [7, 11) is 0. The van der Waals surface area contributed by atoms with Crippen LogP contribution in [0.5, 0.6) is 0 Å². The lowest BCUT2D eigenvalue weighted by Crippen LogP contribution is -2.67. The third-order valence-electron chi connectivity index (χ3n) is 7.11. The van der Waals surface area contributed by atoms with Gasteiger partial charge in [0.05, 0.1) is 31.0 Å². The second kappa shape index (κ2) is 11.7. The molecule has 1 aromatic carbocycles. The van der Waals surface area contributed by atoms with Crippen LogP contribution < -0.4 is 11.1 Å². The van der Waals surface area contributed by atoms with E-state index in [9.17, 15) is 32.3 Å². The molecular formula is C28H33F3N6O5. The lowest BCUT2D eigenvalue weighted by Gasteiger charge is -2.48. The molecular weight excluding hydrogens is 557 g/mol. The fourth-order valence-corrected chi connectivity index (χ4v) is 5.17. The zero-order valence-corrected chi connectivity index (χ0v) is 23.4. The Hall–Kier alpha value is -4.04. The Balaban J connectivity index is 1.67. The summed E-state index contributed by atoms with van der Waals surface area (Å²) in [5.41, 5.74) is 3.43. The molecule has 0 saturated carbocycles. The summed E-state index contributed by atoms with van der Waals surface area (Å²) in [5, 5.41) is 2.61. The first-order valence-corrected chi connectivity index (χ1v) is 13.3. The van der Waals surface area contributed by atoms with Gasteiger partial charge in [0.1, 0.15) is 12.6 Å². The number of carbonyl (C=O) groups excluding carboxylic acids is 4. The van der Waals surface area contributed by atoms with Crippen LogP contribution in [-0.2, 0) is 31.3 Å². The van der Waals surface area contributed by atoms with E-state index in [-0.39, 0.29) is 30.4 Å². The molecule has 3 N–H and O–H groups in total. The van der Waals surface area contributed by atoms with Crippen molar-refractivity contribution < 1.29 is 37.1 Å². The van der Waals surface area contributed by atoms with Crippen LogP contribution in [-0.4, -0.2) is 93.5 Å². The van der Waals surface area contributed by atoms with Crippen molar-refractivity contribution in [1.29, 1.82) is 0 Å². The first-order valence-electron chi connectivity index (χ1n) is 13.3. The Labute approximate surface area is 240 Å². The zero-order chi connectivity index (χ0) is 30.9. The number of carbonyl (C=O) groups is 4. The van der Waals surface area contributed by atoms with Gasteiger partial charge in [-0.3, -0.25) is 29.2 Å². The molecule has 226 valence electrons. The van der Waals surface area contributed by atoms with Crippen LogP contribution in [0.2, 0.25) is 0 Å². The first kappa shape index (κ1) is 30.9. The van der Waals surface area contributed by atoms with Crippen molar-refractivity contribution >= 4 is 23.8 Å². The Morgan fingerprint density at radius 1 is 1.14 bits per heavy atom. The largest absolute Gasteiger partial charge is 0.406 e. The normalized spacial score (nSPS) is 21.8. The third-order valence-corrected chi connectivity index (χ3v) is 7.11. The monoisotopic (exact) mass is 590 g/mol. The summed E-state index contributed by atoms with van der Waals surface area (Å²) >= 11 is 0. The highest BCUT2D eigenvalue weighted by Crippen LogP contribution is 2.42. The molecule has 2 aliphatic heterocycles. The number of nitrogens with one attached hydrogen (secondary N) is 1. The number of hydrogen-bond acceptors (Lipinski definition) is 7. The number of urea groups is 1. The molecule has 2 fully saturated rings. The Bertz CT molecular complexity index is 1320. The molecule has 3 heterocycles. The SMILES string of the molecule is CC1CN(C(=O)[C@@H](COCc2ccccc2)NC(=O)C(C)(C)N)C[C@]2(c3ccccn3)C(=O)N(CC(F)(F)F)C(=O)N12. The van der Waals surface area contributed by atoms with Crippen molar-refractivity contribution in [2.45, 2.75) is 56.7 Å². The number of hydrogen-bond donors (Lipinski definition) is 2. The molecule has 42 heavy (non-hydrogen) atoms. The number of aromatic nitrogens is 1. The smallest absolute Gasteiger partial charge is 0.374 e. The van der Waals surface area contributed by atoms with E-state index in [1.165, 1.54) is 44.0 Å². The van der Waals surface area contributed by atoms with E-state index in [4.69, 9.17) is 10.5 Å². The second-order valence-electron chi connectivity index (χ2n) is 11.1. The van der Waals surface area contributed by atoms with Crippen molar-refractivity contribution in [2.24, 2.45) is 5.73 Å². The van der Waals surface area contributed by atoms with Crippen molar-refractivity contribution in [1.82, 2.24) is 25.0 Å². The second-order valence-corrected chi connectivity index (χ2v) is 11.1. The number of amides is 5. The van der Waals surface area contributed by atoms with Gasteiger partial charge in [0.15, 0.2) is 5.54 Å². The number of imide groups is 1. The highest BCUT2D eigenvalue weighted by molar-refractivity contribution is 6.08. The Morgan fingerprint density at radius 2 is 1.81 bits per heavy atom. The number of halogens is 3. The molecule has 14 heteroatoms. The summed E-state index contributed by atoms with van der Waals surface area (Å²) < 4.78 is 46.0. The number of pyridine rings is 1. The lowest BCUT2D eigenvalue weighted by atomic mass is 9.87. The predicted molar refractivity (Wildman–Crippen MR) is 143 cm³/mol. The summed E-state index contributed by atoms with van der Waals surface area (Å²) in [4.78, 5) is 60.5. The molecule has 0 bridgehead atoms. The molecule has 2 aromatic rings. The molecule has 5 amide bonds. The van der Waals surface area contributed by atoms with E-state index in [0.29, 0.717) is 0 Å². The van der Waals surface area contributed by atoms with E-state index in [2.05, 4.69) is 10.3 Å². The Kier molecular flexibility index (Phi) is 8.60. The van der Waals surface area contributed by atoms with Gasteiger partial charge in [0.25, 0.3) is 5.91 Å². The van der Waals surface area contributed by atoms with Gasteiger partial charge in [-0.2, -0.15) is 13.2 Å². The molecule has 2 saturated heterocycles. The van der Waals surface area contributed by atoms with Gasteiger partial charge in [-0.15, -0.1) is 0 Å². The number of nitrogens with two attached hydrogens (primary N) is 1. The van der Waals surface area contributed by atoms with Crippen molar-refractivity contribution in [3.63, 3.8) is 0 Å². The van der Waals surface area contributed by atoms with Gasteiger partial charge in [0, 0.05) is 18.8 Å². The van der Waals surface area contributed by atoms with E-state index in [1.807, 2.05) is 30.3 Å². The average molecular weight is 591 g/mol. The van der Waals surface area contributed by atoms with Crippen LogP contribution in [0.3, 0.4) is 0 Å². The first-order chi connectivity index (χ1) is 19.6. The predicted octanol–water partition coefficient (Wildman–Crippen LogP) is 1.77. The molecule has 0 spiro atoms. The maximum atomic E-state index is 14.0. The molecule has 1 unspecified atom stereocenters. The zero-order valence-electron chi connectivity index (χ0n) is 23.4. The summed E-state index contributed by atoms with van der Waals surface area (Å²) in [6.07, 6.45) is -3.49. The lowest BCUT2D eigenvalue weighted by molar-refractivity contribution is -0.158. The van der Waals surface area contributed by atoms with Crippen LogP contribution in [0.15, 0.2) is 54.7 Å². The van der Waals surface area contributed by atoms with Gasteiger partial charge in [-0.1, -0.05) is 36.4 Å². The quantitative estimate of drug-likeness (QED) is 0.425. The molecule has 4 rings (SSSR count). The molecule has 0 radical (unpaired) electrons. The molecule has 2 aliphatic rings. The third kappa shape index (κ3) is 6.23. The number of nitrogens with zero attached hydrogens (tertiary/aromatic N) is 4. The minimum atomic E-state index is -4.84. The van der Waals surface area contributed by atoms with E-state index < -0.39 is 66.2 Å². The molecule has 3 atom stereocenters.